The van der Waals surface area contributed by atoms with Gasteiger partial charge in [-0.15, -0.1) is 0 Å². The van der Waals surface area contributed by atoms with E-state index in [4.69, 9.17) is 0 Å². The SMILES string of the molecule is O=C(CCc1c(-c2ccc(F)cc2)[nH]c2ccccc12)NN1C(=O)NC2(CCCCC2)C1=O. The minimum Gasteiger partial charge on any atom is -0.354 e. The molecule has 2 aromatic carbocycles. The van der Waals surface area contributed by atoms with E-state index in [9.17, 15) is 18.8 Å². The molecule has 7 nitrogen and oxygen atoms in total. The summed E-state index contributed by atoms with van der Waals surface area (Å²) in [5, 5.41) is 4.60. The third kappa shape index (κ3) is 3.86. The van der Waals surface area contributed by atoms with Crippen LogP contribution in [0.1, 0.15) is 44.1 Å². The van der Waals surface area contributed by atoms with Gasteiger partial charge in [0.15, 0.2) is 0 Å². The van der Waals surface area contributed by atoms with Crippen molar-refractivity contribution in [1.82, 2.24) is 20.7 Å². The van der Waals surface area contributed by atoms with Gasteiger partial charge in [0.05, 0.1) is 0 Å². The van der Waals surface area contributed by atoms with Gasteiger partial charge in [-0.25, -0.2) is 9.18 Å². The fraction of sp³-hybridized carbons (Fsp3) is 0.320. The monoisotopic (exact) mass is 448 g/mol. The van der Waals surface area contributed by atoms with Gasteiger partial charge in [-0.2, -0.15) is 5.01 Å². The highest BCUT2D eigenvalue weighted by molar-refractivity contribution is 6.08. The van der Waals surface area contributed by atoms with E-state index in [0.717, 1.165) is 52.0 Å². The van der Waals surface area contributed by atoms with Crippen molar-refractivity contribution >= 4 is 28.7 Å². The van der Waals surface area contributed by atoms with Crippen LogP contribution in [0.3, 0.4) is 0 Å². The largest absolute Gasteiger partial charge is 0.354 e. The Bertz CT molecular complexity index is 1230. The van der Waals surface area contributed by atoms with Crippen molar-refractivity contribution in [1.29, 1.82) is 0 Å². The van der Waals surface area contributed by atoms with E-state index in [-0.39, 0.29) is 18.1 Å². The van der Waals surface area contributed by atoms with Gasteiger partial charge in [-0.1, -0.05) is 37.5 Å². The number of aromatic nitrogens is 1. The van der Waals surface area contributed by atoms with Crippen molar-refractivity contribution in [2.24, 2.45) is 0 Å². The Morgan fingerprint density at radius 3 is 2.52 bits per heavy atom. The fourth-order valence-electron chi connectivity index (χ4n) is 4.96. The molecular weight excluding hydrogens is 423 g/mol. The molecule has 4 amide bonds. The molecule has 1 saturated heterocycles. The second-order valence-electron chi connectivity index (χ2n) is 8.78. The van der Waals surface area contributed by atoms with Crippen LogP contribution in [0.2, 0.25) is 0 Å². The molecule has 1 aromatic heterocycles. The van der Waals surface area contributed by atoms with Gasteiger partial charge in [0.25, 0.3) is 5.91 Å². The summed E-state index contributed by atoms with van der Waals surface area (Å²) >= 11 is 0. The number of nitrogens with zero attached hydrogens (tertiary/aromatic N) is 1. The zero-order valence-corrected chi connectivity index (χ0v) is 18.1. The molecule has 33 heavy (non-hydrogen) atoms. The summed E-state index contributed by atoms with van der Waals surface area (Å²) in [6.07, 6.45) is 4.46. The van der Waals surface area contributed by atoms with E-state index < -0.39 is 17.5 Å². The topological polar surface area (TPSA) is 94.3 Å². The third-order valence-corrected chi connectivity index (χ3v) is 6.65. The molecule has 0 unspecified atom stereocenters. The lowest BCUT2D eigenvalue weighted by molar-refractivity contribution is -0.139. The number of hydrogen-bond donors (Lipinski definition) is 3. The van der Waals surface area contributed by atoms with Crippen molar-refractivity contribution in [3.8, 4) is 11.3 Å². The smallest absolute Gasteiger partial charge is 0.344 e. The number of aromatic amines is 1. The number of benzene rings is 2. The molecular formula is C25H25FN4O3. The number of halogens is 1. The Balaban J connectivity index is 1.33. The van der Waals surface area contributed by atoms with Gasteiger partial charge < -0.3 is 10.3 Å². The Morgan fingerprint density at radius 2 is 1.76 bits per heavy atom. The molecule has 1 aliphatic carbocycles. The number of H-pyrrole nitrogens is 1. The second-order valence-corrected chi connectivity index (χ2v) is 8.78. The number of imide groups is 1. The van der Waals surface area contributed by atoms with Gasteiger partial charge in [0, 0.05) is 23.0 Å². The van der Waals surface area contributed by atoms with Gasteiger partial charge in [-0.05, 0) is 60.7 Å². The lowest BCUT2D eigenvalue weighted by Crippen LogP contribution is -2.51. The number of aryl methyl sites for hydroxylation is 1. The number of fused-ring (bicyclic) bond motifs is 1. The van der Waals surface area contributed by atoms with E-state index in [1.165, 1.54) is 12.1 Å². The molecule has 1 saturated carbocycles. The Morgan fingerprint density at radius 1 is 1.03 bits per heavy atom. The van der Waals surface area contributed by atoms with Crippen LogP contribution in [-0.2, 0) is 16.0 Å². The molecule has 3 aromatic rings. The molecule has 170 valence electrons. The lowest BCUT2D eigenvalue weighted by Gasteiger charge is -2.30. The number of para-hydroxylation sites is 1. The van der Waals surface area contributed by atoms with Crippen LogP contribution in [0.25, 0.3) is 22.2 Å². The minimum absolute atomic E-state index is 0.0834. The molecule has 0 bridgehead atoms. The highest BCUT2D eigenvalue weighted by Gasteiger charge is 2.52. The molecule has 2 heterocycles. The summed E-state index contributed by atoms with van der Waals surface area (Å²) < 4.78 is 13.4. The first-order chi connectivity index (χ1) is 16.0. The maximum atomic E-state index is 13.4. The van der Waals surface area contributed by atoms with Gasteiger partial charge >= 0.3 is 6.03 Å². The van der Waals surface area contributed by atoms with Crippen LogP contribution >= 0.6 is 0 Å². The predicted octanol–water partition coefficient (Wildman–Crippen LogP) is 4.19. The molecule has 1 aliphatic heterocycles. The summed E-state index contributed by atoms with van der Waals surface area (Å²) in [6.45, 7) is 0. The van der Waals surface area contributed by atoms with Gasteiger partial charge in [-0.3, -0.25) is 15.0 Å². The van der Waals surface area contributed by atoms with Crippen LogP contribution in [0.5, 0.6) is 0 Å². The van der Waals surface area contributed by atoms with Crippen LogP contribution < -0.4 is 10.7 Å². The van der Waals surface area contributed by atoms with E-state index in [1.807, 2.05) is 24.3 Å². The molecule has 0 radical (unpaired) electrons. The summed E-state index contributed by atoms with van der Waals surface area (Å²) in [5.41, 5.74) is 5.10. The van der Waals surface area contributed by atoms with Crippen molar-refractivity contribution < 1.29 is 18.8 Å². The maximum absolute atomic E-state index is 13.4. The van der Waals surface area contributed by atoms with Crippen LogP contribution in [0, 0.1) is 5.82 Å². The van der Waals surface area contributed by atoms with Crippen molar-refractivity contribution in [2.75, 3.05) is 0 Å². The van der Waals surface area contributed by atoms with Gasteiger partial charge in [0.1, 0.15) is 11.4 Å². The molecule has 0 atom stereocenters. The van der Waals surface area contributed by atoms with Crippen LogP contribution in [0.4, 0.5) is 9.18 Å². The number of carbonyl (C=O) groups excluding carboxylic acids is 3. The molecule has 3 N–H and O–H groups in total. The first-order valence-corrected chi connectivity index (χ1v) is 11.3. The van der Waals surface area contributed by atoms with Gasteiger partial charge in [0.2, 0.25) is 5.91 Å². The Labute approximate surface area is 190 Å². The lowest BCUT2D eigenvalue weighted by atomic mass is 9.82. The van der Waals surface area contributed by atoms with Crippen LogP contribution in [-0.4, -0.2) is 33.4 Å². The van der Waals surface area contributed by atoms with E-state index in [2.05, 4.69) is 15.7 Å². The normalized spacial score (nSPS) is 17.5. The first kappa shape index (κ1) is 21.2. The second kappa shape index (κ2) is 8.35. The van der Waals surface area contributed by atoms with E-state index in [0.29, 0.717) is 19.3 Å². The fourth-order valence-corrected chi connectivity index (χ4v) is 4.96. The Hall–Kier alpha value is -3.68. The maximum Gasteiger partial charge on any atom is 0.344 e. The molecule has 5 rings (SSSR count). The predicted molar refractivity (Wildman–Crippen MR) is 121 cm³/mol. The summed E-state index contributed by atoms with van der Waals surface area (Å²) in [6, 6.07) is 13.4. The van der Waals surface area contributed by atoms with E-state index >= 15 is 0 Å². The highest BCUT2D eigenvalue weighted by Crippen LogP contribution is 2.34. The van der Waals surface area contributed by atoms with E-state index in [1.54, 1.807) is 12.1 Å². The standard InChI is InChI=1S/C25H25FN4O3/c26-17-10-8-16(9-11-17)22-19(18-6-2-3-7-20(18)27-22)12-13-21(31)29-30-23(32)25(28-24(30)33)14-4-1-5-15-25/h2-3,6-11,27H,1,4-5,12-15H2,(H,28,33)(H,29,31). The summed E-state index contributed by atoms with van der Waals surface area (Å²) in [4.78, 5) is 41.4. The zero-order valence-electron chi connectivity index (χ0n) is 18.1. The number of hydrogen-bond acceptors (Lipinski definition) is 3. The summed E-state index contributed by atoms with van der Waals surface area (Å²) in [7, 11) is 0. The summed E-state index contributed by atoms with van der Waals surface area (Å²) in [5.74, 6) is -1.11. The molecule has 8 heteroatoms. The molecule has 2 aliphatic rings. The Kier molecular flexibility index (Phi) is 5.36. The quantitative estimate of drug-likeness (QED) is 0.511. The number of amides is 4. The third-order valence-electron chi connectivity index (χ3n) is 6.65. The average molecular weight is 448 g/mol. The van der Waals surface area contributed by atoms with Crippen LogP contribution in [0.15, 0.2) is 48.5 Å². The number of urea groups is 1. The zero-order chi connectivity index (χ0) is 23.0. The molecule has 2 fully saturated rings. The number of hydrazine groups is 1. The number of carbonyl (C=O) groups is 3. The number of rotatable bonds is 5. The average Bonchev–Trinajstić information content (AvgIpc) is 3.29. The first-order valence-electron chi connectivity index (χ1n) is 11.3. The minimum atomic E-state index is -0.880. The van der Waals surface area contributed by atoms with Crippen molar-refractivity contribution in [3.63, 3.8) is 0 Å². The van der Waals surface area contributed by atoms with Crippen molar-refractivity contribution in [2.45, 2.75) is 50.5 Å². The molecule has 1 spiro atoms. The number of nitrogens with one attached hydrogen (secondary N) is 3. The highest BCUT2D eigenvalue weighted by atomic mass is 19.1. The van der Waals surface area contributed by atoms with Crippen molar-refractivity contribution in [3.05, 3.63) is 59.9 Å².